The number of thioether (sulfide) groups is 1. The summed E-state index contributed by atoms with van der Waals surface area (Å²) in [4.78, 5) is 0. The second-order valence-corrected chi connectivity index (χ2v) is 5.14. The van der Waals surface area contributed by atoms with Gasteiger partial charge in [0.25, 0.3) is 0 Å². The van der Waals surface area contributed by atoms with Crippen molar-refractivity contribution in [1.29, 1.82) is 0 Å². The van der Waals surface area contributed by atoms with Gasteiger partial charge in [-0.2, -0.15) is 11.8 Å². The van der Waals surface area contributed by atoms with Gasteiger partial charge < -0.3 is 5.11 Å². The van der Waals surface area contributed by atoms with Gasteiger partial charge in [0, 0.05) is 10.5 Å². The molecule has 0 radical (unpaired) electrons. The lowest BCUT2D eigenvalue weighted by Gasteiger charge is -2.20. The fourth-order valence-corrected chi connectivity index (χ4v) is 3.38. The van der Waals surface area contributed by atoms with E-state index in [1.165, 1.54) is 32.1 Å². The Morgan fingerprint density at radius 2 is 1.91 bits per heavy atom. The van der Waals surface area contributed by atoms with Crippen molar-refractivity contribution in [3.63, 3.8) is 0 Å². The maximum atomic E-state index is 8.89. The first-order valence-electron chi connectivity index (χ1n) is 4.68. The van der Waals surface area contributed by atoms with Gasteiger partial charge in [0.05, 0.1) is 6.61 Å². The molecule has 0 aromatic heterocycles. The first-order valence-corrected chi connectivity index (χ1v) is 5.62. The molecule has 2 rings (SSSR count). The van der Waals surface area contributed by atoms with E-state index in [9.17, 15) is 0 Å². The van der Waals surface area contributed by atoms with Crippen molar-refractivity contribution in [2.24, 2.45) is 5.92 Å². The minimum absolute atomic E-state index is 0.409. The second kappa shape index (κ2) is 3.36. The summed E-state index contributed by atoms with van der Waals surface area (Å²) in [5.41, 5.74) is 0. The highest BCUT2D eigenvalue weighted by Crippen LogP contribution is 2.50. The lowest BCUT2D eigenvalue weighted by atomic mass is 9.86. The van der Waals surface area contributed by atoms with Gasteiger partial charge in [0.1, 0.15) is 0 Å². The number of aliphatic hydroxyl groups excluding tert-OH is 1. The van der Waals surface area contributed by atoms with Crippen LogP contribution in [0, 0.1) is 5.92 Å². The van der Waals surface area contributed by atoms with E-state index < -0.39 is 0 Å². The first kappa shape index (κ1) is 7.93. The Bertz CT molecular complexity index is 132. The van der Waals surface area contributed by atoms with E-state index >= 15 is 0 Å². The Labute approximate surface area is 72.6 Å². The van der Waals surface area contributed by atoms with Gasteiger partial charge >= 0.3 is 0 Å². The first-order chi connectivity index (χ1) is 5.42. The molecule has 0 spiro atoms. The largest absolute Gasteiger partial charge is 0.395 e. The molecule has 2 fully saturated rings. The summed E-state index contributed by atoms with van der Waals surface area (Å²) in [5.74, 6) is 0.950. The molecule has 2 heteroatoms. The van der Waals surface area contributed by atoms with Crippen molar-refractivity contribution >= 4 is 11.8 Å². The van der Waals surface area contributed by atoms with Crippen LogP contribution in [-0.4, -0.2) is 22.2 Å². The predicted molar refractivity (Wildman–Crippen MR) is 48.8 cm³/mol. The van der Waals surface area contributed by atoms with E-state index in [0.717, 1.165) is 11.2 Å². The van der Waals surface area contributed by atoms with Gasteiger partial charge in [-0.1, -0.05) is 19.3 Å². The van der Waals surface area contributed by atoms with Gasteiger partial charge in [-0.3, -0.25) is 0 Å². The molecule has 2 aliphatic rings. The van der Waals surface area contributed by atoms with Crippen LogP contribution < -0.4 is 0 Å². The molecule has 0 amide bonds. The molecule has 1 saturated carbocycles. The maximum Gasteiger partial charge on any atom is 0.0561 e. The van der Waals surface area contributed by atoms with E-state index in [-0.39, 0.29) is 0 Å². The van der Waals surface area contributed by atoms with E-state index in [4.69, 9.17) is 5.11 Å². The van der Waals surface area contributed by atoms with Crippen LogP contribution in [0.5, 0.6) is 0 Å². The molecule has 2 atom stereocenters. The molecule has 1 heterocycles. The van der Waals surface area contributed by atoms with E-state index in [1.54, 1.807) is 0 Å². The summed E-state index contributed by atoms with van der Waals surface area (Å²) in [6.45, 7) is 0.409. The molecule has 0 unspecified atom stereocenters. The smallest absolute Gasteiger partial charge is 0.0561 e. The van der Waals surface area contributed by atoms with Crippen LogP contribution in [0.25, 0.3) is 0 Å². The Kier molecular flexibility index (Phi) is 2.42. The third-order valence-corrected chi connectivity index (χ3v) is 4.42. The van der Waals surface area contributed by atoms with Crippen molar-refractivity contribution in [3.05, 3.63) is 0 Å². The Morgan fingerprint density at radius 3 is 2.45 bits per heavy atom. The fraction of sp³-hybridized carbons (Fsp3) is 1.00. The molecular formula is C9H16OS. The summed E-state index contributed by atoms with van der Waals surface area (Å²) in [5, 5.41) is 10.3. The zero-order valence-electron chi connectivity index (χ0n) is 6.83. The fourth-order valence-electron chi connectivity index (χ4n) is 2.18. The molecule has 0 aromatic carbocycles. The Balaban J connectivity index is 1.77. The topological polar surface area (TPSA) is 20.2 Å². The number of rotatable bonds is 2. The number of hydrogen-bond acceptors (Lipinski definition) is 2. The molecule has 0 bridgehead atoms. The highest BCUT2D eigenvalue weighted by atomic mass is 32.2. The van der Waals surface area contributed by atoms with Gasteiger partial charge in [-0.25, -0.2) is 0 Å². The van der Waals surface area contributed by atoms with Gasteiger partial charge in [-0.05, 0) is 18.8 Å². The molecule has 1 nitrogen and oxygen atoms in total. The Hall–Kier alpha value is 0.310. The van der Waals surface area contributed by atoms with Crippen LogP contribution in [0.3, 0.4) is 0 Å². The lowest BCUT2D eigenvalue weighted by Crippen LogP contribution is -2.15. The van der Waals surface area contributed by atoms with Crippen LogP contribution >= 0.6 is 11.8 Å². The van der Waals surface area contributed by atoms with Gasteiger partial charge in [0.15, 0.2) is 0 Å². The molecule has 1 aliphatic carbocycles. The second-order valence-electron chi connectivity index (χ2n) is 3.72. The minimum Gasteiger partial charge on any atom is -0.395 e. The molecule has 1 aliphatic heterocycles. The molecule has 1 saturated heterocycles. The molecule has 11 heavy (non-hydrogen) atoms. The van der Waals surface area contributed by atoms with Crippen molar-refractivity contribution < 1.29 is 5.11 Å². The highest BCUT2D eigenvalue weighted by molar-refractivity contribution is 8.07. The summed E-state index contributed by atoms with van der Waals surface area (Å²) >= 11 is 1.99. The lowest BCUT2D eigenvalue weighted by molar-refractivity contribution is 0.282. The van der Waals surface area contributed by atoms with Gasteiger partial charge in [-0.15, -0.1) is 0 Å². The van der Waals surface area contributed by atoms with E-state index in [2.05, 4.69) is 0 Å². The predicted octanol–water partition coefficient (Wildman–Crippen LogP) is 2.04. The van der Waals surface area contributed by atoms with E-state index in [0.29, 0.717) is 11.9 Å². The average molecular weight is 172 g/mol. The molecule has 0 aromatic rings. The standard InChI is InChI=1S/C9H16OS/c10-6-8-9(11-8)7-4-2-1-3-5-7/h7-10H,1-6H2/t8-,9-/m1/s1. The monoisotopic (exact) mass is 172 g/mol. The summed E-state index contributed by atoms with van der Waals surface area (Å²) in [6, 6.07) is 0. The maximum absolute atomic E-state index is 8.89. The molecule has 1 N–H and O–H groups in total. The van der Waals surface area contributed by atoms with Crippen LogP contribution in [0.2, 0.25) is 0 Å². The summed E-state index contributed by atoms with van der Waals surface area (Å²) in [6.07, 6.45) is 7.15. The third kappa shape index (κ3) is 1.73. The van der Waals surface area contributed by atoms with Crippen molar-refractivity contribution in [2.45, 2.75) is 42.6 Å². The van der Waals surface area contributed by atoms with E-state index in [1.807, 2.05) is 11.8 Å². The molecular weight excluding hydrogens is 156 g/mol. The van der Waals surface area contributed by atoms with Gasteiger partial charge in [0.2, 0.25) is 0 Å². The normalized spacial score (nSPS) is 39.0. The number of aliphatic hydroxyl groups is 1. The summed E-state index contributed by atoms with van der Waals surface area (Å²) < 4.78 is 0. The van der Waals surface area contributed by atoms with Crippen molar-refractivity contribution in [3.8, 4) is 0 Å². The van der Waals surface area contributed by atoms with Crippen LogP contribution in [0.4, 0.5) is 0 Å². The third-order valence-electron chi connectivity index (χ3n) is 2.92. The van der Waals surface area contributed by atoms with Crippen molar-refractivity contribution in [2.75, 3.05) is 6.61 Å². The molecule has 64 valence electrons. The van der Waals surface area contributed by atoms with Crippen LogP contribution in [-0.2, 0) is 0 Å². The number of hydrogen-bond donors (Lipinski definition) is 1. The average Bonchev–Trinajstić information content (AvgIpc) is 2.85. The van der Waals surface area contributed by atoms with Crippen molar-refractivity contribution in [1.82, 2.24) is 0 Å². The zero-order chi connectivity index (χ0) is 7.68. The highest BCUT2D eigenvalue weighted by Gasteiger charge is 2.43. The Morgan fingerprint density at radius 1 is 1.18 bits per heavy atom. The van der Waals surface area contributed by atoms with Crippen LogP contribution in [0.15, 0.2) is 0 Å². The van der Waals surface area contributed by atoms with Crippen LogP contribution in [0.1, 0.15) is 32.1 Å². The zero-order valence-corrected chi connectivity index (χ0v) is 7.65. The summed E-state index contributed by atoms with van der Waals surface area (Å²) in [7, 11) is 0. The quantitative estimate of drug-likeness (QED) is 0.643. The minimum atomic E-state index is 0.409. The SMILES string of the molecule is OC[C@H]1S[C@@H]1C1CCCCC1.